The van der Waals surface area contributed by atoms with Crippen LogP contribution >= 0.6 is 0 Å². The largest absolute Gasteiger partial charge is 0.383 e. The minimum atomic E-state index is -0.117. The molecule has 4 aromatic heterocycles. The molecule has 0 amide bonds. The van der Waals surface area contributed by atoms with Crippen molar-refractivity contribution in [1.29, 1.82) is 0 Å². The summed E-state index contributed by atoms with van der Waals surface area (Å²) in [7, 11) is 1.86. The summed E-state index contributed by atoms with van der Waals surface area (Å²) in [4.78, 5) is 31.6. The molecule has 1 atom stereocenters. The first-order chi connectivity index (χ1) is 17.9. The molecule has 1 aliphatic rings. The molecule has 37 heavy (non-hydrogen) atoms. The summed E-state index contributed by atoms with van der Waals surface area (Å²) in [6.45, 7) is 4.21. The second kappa shape index (κ2) is 8.80. The van der Waals surface area contributed by atoms with E-state index >= 15 is 0 Å². The molecule has 1 saturated carbocycles. The topological polar surface area (TPSA) is 155 Å². The standard InChI is InChI=1S/C25H26N10O2/c1-13(9-27-22-20(21(26)28-12-29-22)24-31-14(2)33-37-24)23-32-18-6-4-5-17(15-10-30-34(3)11-15)19(18)25(36)35(23)16-7-8-16/h4-6,10-13,16H,7-9H2,1-3H3,(H3,26,27,28,29). The summed E-state index contributed by atoms with van der Waals surface area (Å²) in [5.74, 6) is 2.05. The maximum Gasteiger partial charge on any atom is 0.265 e. The molecular formula is C25H26N10O2. The average Bonchev–Trinajstić information content (AvgIpc) is 3.48. The zero-order chi connectivity index (χ0) is 25.7. The van der Waals surface area contributed by atoms with Crippen molar-refractivity contribution in [2.75, 3.05) is 17.6 Å². The van der Waals surface area contributed by atoms with Crippen molar-refractivity contribution in [2.45, 2.75) is 38.6 Å². The number of aryl methyl sites for hydroxylation is 2. The first-order valence-electron chi connectivity index (χ1n) is 12.1. The van der Waals surface area contributed by atoms with E-state index in [1.807, 2.05) is 42.9 Å². The Morgan fingerprint density at radius 3 is 2.78 bits per heavy atom. The normalized spacial score (nSPS) is 14.2. The van der Waals surface area contributed by atoms with Crippen LogP contribution in [0.15, 0.2) is 46.2 Å². The van der Waals surface area contributed by atoms with E-state index in [1.165, 1.54) is 6.33 Å². The number of nitrogens with one attached hydrogen (secondary N) is 1. The molecule has 0 radical (unpaired) electrons. The molecule has 0 saturated heterocycles. The maximum absolute atomic E-state index is 13.9. The fourth-order valence-electron chi connectivity index (χ4n) is 4.58. The number of hydrogen-bond donors (Lipinski definition) is 2. The predicted octanol–water partition coefficient (Wildman–Crippen LogP) is 3.08. The van der Waals surface area contributed by atoms with Gasteiger partial charge < -0.3 is 15.6 Å². The van der Waals surface area contributed by atoms with Crippen LogP contribution in [0.4, 0.5) is 11.6 Å². The highest BCUT2D eigenvalue weighted by atomic mass is 16.5. The zero-order valence-electron chi connectivity index (χ0n) is 20.7. The van der Waals surface area contributed by atoms with Crippen LogP contribution in [-0.4, -0.2) is 46.0 Å². The summed E-state index contributed by atoms with van der Waals surface area (Å²) in [5.41, 5.74) is 8.93. The van der Waals surface area contributed by atoms with E-state index in [0.29, 0.717) is 34.7 Å². The molecule has 0 bridgehead atoms. The molecule has 0 spiro atoms. The lowest BCUT2D eigenvalue weighted by Gasteiger charge is -2.20. The first kappa shape index (κ1) is 22.8. The predicted molar refractivity (Wildman–Crippen MR) is 138 cm³/mol. The second-order valence-electron chi connectivity index (χ2n) is 9.39. The van der Waals surface area contributed by atoms with Gasteiger partial charge in [0.1, 0.15) is 29.4 Å². The third-order valence-electron chi connectivity index (χ3n) is 6.52. The van der Waals surface area contributed by atoms with Crippen molar-refractivity contribution < 1.29 is 4.52 Å². The third kappa shape index (κ3) is 4.09. The fourth-order valence-corrected chi connectivity index (χ4v) is 4.58. The molecule has 1 aromatic carbocycles. The lowest BCUT2D eigenvalue weighted by atomic mass is 10.0. The van der Waals surface area contributed by atoms with Gasteiger partial charge in [0, 0.05) is 37.3 Å². The summed E-state index contributed by atoms with van der Waals surface area (Å²) < 4.78 is 8.91. The SMILES string of the molecule is Cc1noc(-c2c(N)ncnc2NCC(C)c2nc3cccc(-c4cnn(C)c4)c3c(=O)n2C2CC2)n1. The number of nitrogen functional groups attached to an aromatic ring is 1. The highest BCUT2D eigenvalue weighted by Gasteiger charge is 2.31. The molecule has 1 fully saturated rings. The van der Waals surface area contributed by atoms with Crippen molar-refractivity contribution in [3.63, 3.8) is 0 Å². The molecule has 1 aliphatic carbocycles. The summed E-state index contributed by atoms with van der Waals surface area (Å²) in [5, 5.41) is 12.1. The molecule has 3 N–H and O–H groups in total. The van der Waals surface area contributed by atoms with Crippen LogP contribution in [-0.2, 0) is 7.05 Å². The van der Waals surface area contributed by atoms with E-state index in [2.05, 4.69) is 30.5 Å². The van der Waals surface area contributed by atoms with Gasteiger partial charge in [0.15, 0.2) is 5.82 Å². The number of fused-ring (bicyclic) bond motifs is 1. The molecule has 5 aromatic rings. The second-order valence-corrected chi connectivity index (χ2v) is 9.39. The summed E-state index contributed by atoms with van der Waals surface area (Å²) >= 11 is 0. The Balaban J connectivity index is 1.38. The van der Waals surface area contributed by atoms with Gasteiger partial charge in [-0.15, -0.1) is 0 Å². The van der Waals surface area contributed by atoms with E-state index < -0.39 is 0 Å². The van der Waals surface area contributed by atoms with E-state index in [-0.39, 0.29) is 29.2 Å². The Hall–Kier alpha value is -4.61. The number of rotatable bonds is 7. The molecule has 4 heterocycles. The van der Waals surface area contributed by atoms with Gasteiger partial charge in [-0.2, -0.15) is 10.1 Å². The van der Waals surface area contributed by atoms with Crippen molar-refractivity contribution in [3.05, 3.63) is 58.9 Å². The van der Waals surface area contributed by atoms with Crippen LogP contribution < -0.4 is 16.6 Å². The van der Waals surface area contributed by atoms with Gasteiger partial charge in [0.25, 0.3) is 11.4 Å². The summed E-state index contributed by atoms with van der Waals surface area (Å²) in [6.07, 6.45) is 6.97. The number of hydrogen-bond acceptors (Lipinski definition) is 10. The smallest absolute Gasteiger partial charge is 0.265 e. The van der Waals surface area contributed by atoms with Crippen molar-refractivity contribution in [3.8, 4) is 22.6 Å². The van der Waals surface area contributed by atoms with E-state index in [1.54, 1.807) is 17.8 Å². The highest BCUT2D eigenvalue weighted by molar-refractivity contribution is 5.93. The van der Waals surface area contributed by atoms with Crippen LogP contribution in [0.2, 0.25) is 0 Å². The van der Waals surface area contributed by atoms with Crippen LogP contribution in [0.5, 0.6) is 0 Å². The zero-order valence-corrected chi connectivity index (χ0v) is 20.7. The van der Waals surface area contributed by atoms with Crippen molar-refractivity contribution in [1.82, 2.24) is 39.4 Å². The van der Waals surface area contributed by atoms with Crippen LogP contribution in [0, 0.1) is 6.92 Å². The van der Waals surface area contributed by atoms with E-state index in [0.717, 1.165) is 29.8 Å². The number of anilines is 2. The molecule has 12 nitrogen and oxygen atoms in total. The fraction of sp³-hybridized carbons (Fsp3) is 0.320. The maximum atomic E-state index is 13.9. The van der Waals surface area contributed by atoms with Crippen LogP contribution in [0.25, 0.3) is 33.5 Å². The van der Waals surface area contributed by atoms with Gasteiger partial charge in [-0.1, -0.05) is 24.2 Å². The van der Waals surface area contributed by atoms with Crippen LogP contribution in [0.3, 0.4) is 0 Å². The van der Waals surface area contributed by atoms with Gasteiger partial charge in [-0.25, -0.2) is 15.0 Å². The highest BCUT2D eigenvalue weighted by Crippen LogP contribution is 2.37. The van der Waals surface area contributed by atoms with E-state index in [9.17, 15) is 4.79 Å². The molecule has 12 heteroatoms. The molecule has 188 valence electrons. The number of nitrogens with zero attached hydrogens (tertiary/aromatic N) is 8. The Morgan fingerprint density at radius 2 is 2.08 bits per heavy atom. The Kier molecular flexibility index (Phi) is 5.43. The lowest BCUT2D eigenvalue weighted by Crippen LogP contribution is -2.28. The lowest BCUT2D eigenvalue weighted by molar-refractivity contribution is 0.425. The average molecular weight is 499 g/mol. The Morgan fingerprint density at radius 1 is 1.24 bits per heavy atom. The molecule has 1 unspecified atom stereocenters. The monoisotopic (exact) mass is 498 g/mol. The summed E-state index contributed by atoms with van der Waals surface area (Å²) in [6, 6.07) is 5.91. The Labute approximate surface area is 211 Å². The molecular weight excluding hydrogens is 472 g/mol. The van der Waals surface area contributed by atoms with Gasteiger partial charge in [0.2, 0.25) is 0 Å². The molecule has 0 aliphatic heterocycles. The number of nitrogens with two attached hydrogens (primary N) is 1. The van der Waals surface area contributed by atoms with Gasteiger partial charge in [-0.05, 0) is 31.4 Å². The van der Waals surface area contributed by atoms with Crippen molar-refractivity contribution >= 4 is 22.5 Å². The third-order valence-corrected chi connectivity index (χ3v) is 6.52. The first-order valence-corrected chi connectivity index (χ1v) is 12.1. The Bertz CT molecular complexity index is 1680. The van der Waals surface area contributed by atoms with Gasteiger partial charge in [0.05, 0.1) is 17.1 Å². The van der Waals surface area contributed by atoms with Gasteiger partial charge >= 0.3 is 0 Å². The van der Waals surface area contributed by atoms with Crippen molar-refractivity contribution in [2.24, 2.45) is 7.05 Å². The minimum Gasteiger partial charge on any atom is -0.383 e. The van der Waals surface area contributed by atoms with Crippen LogP contribution in [0.1, 0.15) is 43.4 Å². The minimum absolute atomic E-state index is 0.0258. The number of aromatic nitrogens is 8. The number of benzene rings is 1. The van der Waals surface area contributed by atoms with E-state index in [4.69, 9.17) is 15.2 Å². The molecule has 6 rings (SSSR count). The quantitative estimate of drug-likeness (QED) is 0.342. The van der Waals surface area contributed by atoms with Gasteiger partial charge in [-0.3, -0.25) is 14.0 Å².